The molecular formula is C24H30N4O2S. The van der Waals surface area contributed by atoms with E-state index < -0.39 is 0 Å². The smallest absolute Gasteiger partial charge is 0.260 e. The van der Waals surface area contributed by atoms with E-state index in [0.29, 0.717) is 6.54 Å². The summed E-state index contributed by atoms with van der Waals surface area (Å²) in [5, 5.41) is 0.755. The monoisotopic (exact) mass is 438 g/mol. The maximum absolute atomic E-state index is 12.7. The van der Waals surface area contributed by atoms with Gasteiger partial charge in [0.2, 0.25) is 0 Å². The number of fused-ring (bicyclic) bond motifs is 3. The summed E-state index contributed by atoms with van der Waals surface area (Å²) in [4.78, 5) is 27.4. The molecule has 0 saturated carbocycles. The number of nitrogens with zero attached hydrogens (tertiary/aromatic N) is 3. The number of aromatic amines is 1. The second-order valence-electron chi connectivity index (χ2n) is 7.51. The van der Waals surface area contributed by atoms with Crippen LogP contribution in [0.2, 0.25) is 0 Å². The summed E-state index contributed by atoms with van der Waals surface area (Å²) >= 11 is 1.67. The van der Waals surface area contributed by atoms with E-state index >= 15 is 0 Å². The summed E-state index contributed by atoms with van der Waals surface area (Å²) in [5.41, 5.74) is 2.20. The molecular weight excluding hydrogens is 408 g/mol. The highest BCUT2D eigenvalue weighted by Crippen LogP contribution is 2.33. The predicted molar refractivity (Wildman–Crippen MR) is 129 cm³/mol. The van der Waals surface area contributed by atoms with Gasteiger partial charge < -0.3 is 14.6 Å². The summed E-state index contributed by atoms with van der Waals surface area (Å²) in [6.45, 7) is 8.35. The van der Waals surface area contributed by atoms with Crippen LogP contribution in [0.4, 0.5) is 5.69 Å². The van der Waals surface area contributed by atoms with Gasteiger partial charge in [0.05, 0.1) is 24.7 Å². The highest BCUT2D eigenvalue weighted by atomic mass is 32.1. The number of benzene rings is 1. The molecule has 0 atom stereocenters. The minimum Gasteiger partial charge on any atom is -0.495 e. The lowest BCUT2D eigenvalue weighted by Gasteiger charge is -2.36. The minimum absolute atomic E-state index is 0.0123. The van der Waals surface area contributed by atoms with Crippen LogP contribution in [0.15, 0.2) is 35.1 Å². The number of aromatic nitrogens is 2. The van der Waals surface area contributed by atoms with Crippen molar-refractivity contribution in [3.05, 3.63) is 57.0 Å². The number of anilines is 1. The predicted octanol–water partition coefficient (Wildman–Crippen LogP) is 4.30. The molecule has 1 aliphatic carbocycles. The Morgan fingerprint density at radius 3 is 2.71 bits per heavy atom. The number of thiophene rings is 1. The number of H-pyrrole nitrogens is 1. The molecule has 0 radical (unpaired) electrons. The molecule has 1 aliphatic heterocycles. The molecule has 164 valence electrons. The van der Waals surface area contributed by atoms with Crippen LogP contribution in [0, 0.1) is 0 Å². The van der Waals surface area contributed by atoms with Crippen LogP contribution < -0.4 is 15.2 Å². The Labute approximate surface area is 187 Å². The first kappa shape index (κ1) is 21.6. The van der Waals surface area contributed by atoms with Crippen molar-refractivity contribution >= 4 is 33.3 Å². The van der Waals surface area contributed by atoms with Crippen molar-refractivity contribution in [3.8, 4) is 5.75 Å². The Hall–Kier alpha value is -2.64. The fraction of sp³-hybridized carbons (Fsp3) is 0.417. The van der Waals surface area contributed by atoms with E-state index in [2.05, 4.69) is 33.0 Å². The third kappa shape index (κ3) is 4.38. The van der Waals surface area contributed by atoms with E-state index in [1.54, 1.807) is 18.4 Å². The molecule has 31 heavy (non-hydrogen) atoms. The molecule has 6 nitrogen and oxygen atoms in total. The van der Waals surface area contributed by atoms with Crippen LogP contribution in [0.25, 0.3) is 16.3 Å². The van der Waals surface area contributed by atoms with Gasteiger partial charge in [-0.3, -0.25) is 9.69 Å². The van der Waals surface area contributed by atoms with Gasteiger partial charge in [-0.2, -0.15) is 0 Å². The van der Waals surface area contributed by atoms with Crippen molar-refractivity contribution < 1.29 is 4.74 Å². The van der Waals surface area contributed by atoms with Crippen molar-refractivity contribution in [2.24, 2.45) is 0 Å². The zero-order valence-electron chi connectivity index (χ0n) is 18.5. The zero-order chi connectivity index (χ0) is 21.8. The van der Waals surface area contributed by atoms with Gasteiger partial charge in [-0.1, -0.05) is 38.1 Å². The molecule has 1 N–H and O–H groups in total. The summed E-state index contributed by atoms with van der Waals surface area (Å²) in [5.74, 6) is 1.67. The summed E-state index contributed by atoms with van der Waals surface area (Å²) in [6, 6.07) is 8.15. The van der Waals surface area contributed by atoms with Crippen LogP contribution in [0.3, 0.4) is 0 Å². The first-order valence-corrected chi connectivity index (χ1v) is 11.9. The van der Waals surface area contributed by atoms with Crippen molar-refractivity contribution in [3.63, 3.8) is 0 Å². The summed E-state index contributed by atoms with van der Waals surface area (Å²) in [7, 11) is 1.71. The second kappa shape index (κ2) is 9.66. The summed E-state index contributed by atoms with van der Waals surface area (Å²) < 4.78 is 5.50. The fourth-order valence-corrected chi connectivity index (χ4v) is 5.42. The number of nitrogens with one attached hydrogen (secondary N) is 1. The molecule has 5 rings (SSSR count). The molecule has 3 heterocycles. The molecule has 1 aromatic carbocycles. The highest BCUT2D eigenvalue weighted by molar-refractivity contribution is 7.19. The molecule has 0 bridgehead atoms. The lowest BCUT2D eigenvalue weighted by molar-refractivity contribution is 0.243. The number of methoxy groups -OCH3 is 1. The Morgan fingerprint density at radius 1 is 1.16 bits per heavy atom. The van der Waals surface area contributed by atoms with Crippen LogP contribution in [-0.2, 0) is 13.0 Å². The van der Waals surface area contributed by atoms with Gasteiger partial charge in [0.25, 0.3) is 5.56 Å². The van der Waals surface area contributed by atoms with E-state index in [-0.39, 0.29) is 5.56 Å². The van der Waals surface area contributed by atoms with Gasteiger partial charge in [0, 0.05) is 36.6 Å². The normalized spacial score (nSPS) is 16.0. The topological polar surface area (TPSA) is 61.5 Å². The first-order chi connectivity index (χ1) is 15.2. The van der Waals surface area contributed by atoms with Crippen LogP contribution in [0.5, 0.6) is 5.75 Å². The number of hydrogen-bond acceptors (Lipinski definition) is 6. The number of aryl methyl sites for hydroxylation is 1. The molecule has 3 aromatic rings. The molecule has 1 fully saturated rings. The van der Waals surface area contributed by atoms with E-state index in [9.17, 15) is 4.79 Å². The van der Waals surface area contributed by atoms with Gasteiger partial charge in [-0.25, -0.2) is 4.98 Å². The average molecular weight is 439 g/mol. The van der Waals surface area contributed by atoms with E-state index in [1.807, 2.05) is 32.0 Å². The zero-order valence-corrected chi connectivity index (χ0v) is 19.3. The molecule has 2 aromatic heterocycles. The van der Waals surface area contributed by atoms with Crippen LogP contribution in [-0.4, -0.2) is 48.2 Å². The second-order valence-corrected chi connectivity index (χ2v) is 8.59. The molecule has 0 amide bonds. The van der Waals surface area contributed by atoms with Gasteiger partial charge >= 0.3 is 0 Å². The SMILES string of the molecule is CC.COc1ccccc1N1CCN(Cc2nc3sc4c(c3c(=O)[nH]2)C=CCC4)CC1. The lowest BCUT2D eigenvalue weighted by atomic mass is 10.0. The third-order valence-electron chi connectivity index (χ3n) is 5.72. The van der Waals surface area contributed by atoms with E-state index in [4.69, 9.17) is 9.72 Å². The summed E-state index contributed by atoms with van der Waals surface area (Å²) in [6.07, 6.45) is 6.27. The number of hydrogen-bond donors (Lipinski definition) is 1. The molecule has 1 saturated heterocycles. The van der Waals surface area contributed by atoms with Crippen molar-refractivity contribution in [1.82, 2.24) is 14.9 Å². The molecule has 2 aliphatic rings. The molecule has 7 heteroatoms. The van der Waals surface area contributed by atoms with E-state index in [1.165, 1.54) is 4.88 Å². The standard InChI is InChI=1S/C22H24N4O2S.C2H6/c1-28-17-8-4-3-7-16(17)26-12-10-25(11-13-26)14-19-23-21(27)20-15-6-2-5-9-18(15)29-22(20)24-19;1-2/h2-4,6-8H,5,9-14H2,1H3,(H,23,24,27);1-2H3. The number of rotatable bonds is 4. The highest BCUT2D eigenvalue weighted by Gasteiger charge is 2.22. The number of ether oxygens (including phenoxy) is 1. The van der Waals surface area contributed by atoms with Crippen molar-refractivity contribution in [2.45, 2.75) is 33.2 Å². The third-order valence-corrected chi connectivity index (χ3v) is 6.88. The van der Waals surface area contributed by atoms with Gasteiger partial charge in [-0.05, 0) is 25.0 Å². The van der Waals surface area contributed by atoms with Crippen molar-refractivity contribution in [2.75, 3.05) is 38.2 Å². The Bertz CT molecular complexity index is 1130. The van der Waals surface area contributed by atoms with Crippen LogP contribution >= 0.6 is 11.3 Å². The van der Waals surface area contributed by atoms with E-state index in [0.717, 1.165) is 72.1 Å². The van der Waals surface area contributed by atoms with Gasteiger partial charge in [0.1, 0.15) is 16.4 Å². The van der Waals surface area contributed by atoms with Crippen molar-refractivity contribution in [1.29, 1.82) is 0 Å². The average Bonchev–Trinajstić information content (AvgIpc) is 3.20. The molecule has 0 unspecified atom stereocenters. The first-order valence-electron chi connectivity index (χ1n) is 11.0. The molecule has 0 spiro atoms. The van der Waals surface area contributed by atoms with Gasteiger partial charge in [-0.15, -0.1) is 11.3 Å². The van der Waals surface area contributed by atoms with Gasteiger partial charge in [0.15, 0.2) is 0 Å². The lowest BCUT2D eigenvalue weighted by Crippen LogP contribution is -2.46. The maximum Gasteiger partial charge on any atom is 0.260 e. The maximum atomic E-state index is 12.7. The largest absolute Gasteiger partial charge is 0.495 e. The minimum atomic E-state index is -0.0123. The Kier molecular flexibility index (Phi) is 6.73. The Balaban J connectivity index is 0.00000112. The number of piperazine rings is 1. The van der Waals surface area contributed by atoms with Crippen LogP contribution in [0.1, 0.15) is 36.5 Å². The number of allylic oxidation sites excluding steroid dienone is 1. The quantitative estimate of drug-likeness (QED) is 0.658. The number of para-hydroxylation sites is 2. The fourth-order valence-electron chi connectivity index (χ4n) is 4.22. The Morgan fingerprint density at radius 2 is 1.94 bits per heavy atom.